The van der Waals surface area contributed by atoms with Crippen molar-refractivity contribution in [2.24, 2.45) is 0 Å². The maximum atomic E-state index is 13.6. The van der Waals surface area contributed by atoms with Gasteiger partial charge in [0.25, 0.3) is 0 Å². The molecule has 1 N–H and O–H groups in total. The molecule has 0 aliphatic carbocycles. The van der Waals surface area contributed by atoms with Crippen LogP contribution >= 0.6 is 11.6 Å². The van der Waals surface area contributed by atoms with Crippen molar-refractivity contribution >= 4 is 11.6 Å². The van der Waals surface area contributed by atoms with Crippen molar-refractivity contribution in [3.63, 3.8) is 0 Å². The summed E-state index contributed by atoms with van der Waals surface area (Å²) in [5, 5.41) is 10.3. The molecule has 1 aliphatic heterocycles. The molecule has 1 saturated heterocycles. The van der Waals surface area contributed by atoms with E-state index in [0.717, 1.165) is 32.3 Å². The van der Waals surface area contributed by atoms with E-state index in [-0.39, 0.29) is 5.56 Å². The minimum absolute atomic E-state index is 0.214. The Morgan fingerprint density at radius 1 is 1.50 bits per heavy atom. The van der Waals surface area contributed by atoms with Crippen molar-refractivity contribution in [2.75, 3.05) is 6.61 Å². The minimum atomic E-state index is -0.833. The predicted octanol–water partition coefficient (Wildman–Crippen LogP) is 3.86. The van der Waals surface area contributed by atoms with Gasteiger partial charge in [-0.1, -0.05) is 17.7 Å². The average Bonchev–Trinajstić information content (AvgIpc) is 2.82. The third-order valence-electron chi connectivity index (χ3n) is 3.36. The van der Waals surface area contributed by atoms with Gasteiger partial charge in [0, 0.05) is 17.2 Å². The zero-order valence-electron chi connectivity index (χ0n) is 10.2. The lowest BCUT2D eigenvalue weighted by molar-refractivity contribution is 0.0940. The Labute approximate surface area is 112 Å². The summed E-state index contributed by atoms with van der Waals surface area (Å²) in [6, 6.07) is 4.47. The SMILES string of the molecule is OC(CCCC1CCCO1)c1c(F)cccc1Cl. The molecule has 0 radical (unpaired) electrons. The Kier molecular flexibility index (Phi) is 4.98. The highest BCUT2D eigenvalue weighted by Crippen LogP contribution is 2.29. The van der Waals surface area contributed by atoms with E-state index in [9.17, 15) is 9.50 Å². The summed E-state index contributed by atoms with van der Waals surface area (Å²) in [5.41, 5.74) is 0.214. The molecule has 0 bridgehead atoms. The van der Waals surface area contributed by atoms with Crippen LogP contribution < -0.4 is 0 Å². The van der Waals surface area contributed by atoms with Gasteiger partial charge in [0.2, 0.25) is 0 Å². The average molecular weight is 273 g/mol. The van der Waals surface area contributed by atoms with E-state index < -0.39 is 11.9 Å². The smallest absolute Gasteiger partial charge is 0.130 e. The first-order valence-electron chi connectivity index (χ1n) is 6.42. The zero-order valence-corrected chi connectivity index (χ0v) is 11.0. The molecule has 0 spiro atoms. The second-order valence-electron chi connectivity index (χ2n) is 4.72. The van der Waals surface area contributed by atoms with Crippen molar-refractivity contribution in [3.8, 4) is 0 Å². The summed E-state index contributed by atoms with van der Waals surface area (Å²) in [4.78, 5) is 0. The summed E-state index contributed by atoms with van der Waals surface area (Å²) < 4.78 is 19.1. The van der Waals surface area contributed by atoms with Crippen LogP contribution in [0, 0.1) is 5.82 Å². The summed E-state index contributed by atoms with van der Waals surface area (Å²) in [6.45, 7) is 0.840. The van der Waals surface area contributed by atoms with Crippen molar-refractivity contribution in [1.82, 2.24) is 0 Å². The molecule has 0 amide bonds. The van der Waals surface area contributed by atoms with Gasteiger partial charge in [0.1, 0.15) is 5.82 Å². The van der Waals surface area contributed by atoms with Gasteiger partial charge < -0.3 is 9.84 Å². The molecule has 0 saturated carbocycles. The lowest BCUT2D eigenvalue weighted by atomic mass is 10.0. The summed E-state index contributed by atoms with van der Waals surface area (Å²) in [6.07, 6.45) is 3.94. The van der Waals surface area contributed by atoms with E-state index in [1.54, 1.807) is 12.1 Å². The second kappa shape index (κ2) is 6.50. The maximum absolute atomic E-state index is 13.6. The van der Waals surface area contributed by atoms with Crippen molar-refractivity contribution < 1.29 is 14.2 Å². The maximum Gasteiger partial charge on any atom is 0.130 e. The fourth-order valence-corrected chi connectivity index (χ4v) is 2.67. The number of benzene rings is 1. The van der Waals surface area contributed by atoms with E-state index in [2.05, 4.69) is 0 Å². The quantitative estimate of drug-likeness (QED) is 0.882. The van der Waals surface area contributed by atoms with Gasteiger partial charge in [0.05, 0.1) is 12.2 Å². The van der Waals surface area contributed by atoms with Crippen molar-refractivity contribution in [3.05, 3.63) is 34.6 Å². The lowest BCUT2D eigenvalue weighted by Crippen LogP contribution is -2.07. The molecule has 2 nitrogen and oxygen atoms in total. The van der Waals surface area contributed by atoms with E-state index in [4.69, 9.17) is 16.3 Å². The molecule has 4 heteroatoms. The summed E-state index contributed by atoms with van der Waals surface area (Å²) in [7, 11) is 0. The largest absolute Gasteiger partial charge is 0.388 e. The van der Waals surface area contributed by atoms with Gasteiger partial charge in [-0.2, -0.15) is 0 Å². The molecule has 2 atom stereocenters. The monoisotopic (exact) mass is 272 g/mol. The topological polar surface area (TPSA) is 29.5 Å². The van der Waals surface area contributed by atoms with Gasteiger partial charge >= 0.3 is 0 Å². The number of rotatable bonds is 5. The van der Waals surface area contributed by atoms with E-state index >= 15 is 0 Å². The third kappa shape index (κ3) is 3.44. The van der Waals surface area contributed by atoms with Gasteiger partial charge in [-0.05, 0) is 44.2 Å². The number of hydrogen-bond donors (Lipinski definition) is 1. The highest BCUT2D eigenvalue weighted by Gasteiger charge is 2.19. The summed E-state index contributed by atoms with van der Waals surface area (Å²) >= 11 is 5.91. The first-order valence-corrected chi connectivity index (χ1v) is 6.80. The molecule has 18 heavy (non-hydrogen) atoms. The Morgan fingerprint density at radius 2 is 2.33 bits per heavy atom. The molecule has 1 aliphatic rings. The molecule has 1 aromatic rings. The Morgan fingerprint density at radius 3 is 3.00 bits per heavy atom. The van der Waals surface area contributed by atoms with Crippen LogP contribution in [0.1, 0.15) is 43.8 Å². The van der Waals surface area contributed by atoms with E-state index in [1.165, 1.54) is 6.07 Å². The Hall–Kier alpha value is -0.640. The van der Waals surface area contributed by atoms with Crippen LogP contribution in [-0.4, -0.2) is 17.8 Å². The minimum Gasteiger partial charge on any atom is -0.388 e. The number of aliphatic hydroxyl groups is 1. The molecule has 1 fully saturated rings. The molecule has 2 rings (SSSR count). The second-order valence-corrected chi connectivity index (χ2v) is 5.12. The van der Waals surface area contributed by atoms with Crippen molar-refractivity contribution in [1.29, 1.82) is 0 Å². The van der Waals surface area contributed by atoms with Crippen LogP contribution in [0.3, 0.4) is 0 Å². The summed E-state index contributed by atoms with van der Waals surface area (Å²) in [5.74, 6) is -0.438. The zero-order chi connectivity index (χ0) is 13.0. The van der Waals surface area contributed by atoms with Crippen LogP contribution in [0.25, 0.3) is 0 Å². The third-order valence-corrected chi connectivity index (χ3v) is 3.69. The molecular formula is C14H18ClFO2. The Balaban J connectivity index is 1.85. The standard InChI is InChI=1S/C14H18ClFO2/c15-11-6-2-7-12(16)14(11)13(17)8-1-4-10-5-3-9-18-10/h2,6-7,10,13,17H,1,3-5,8-9H2. The molecule has 0 aromatic heterocycles. The van der Waals surface area contributed by atoms with Crippen LogP contribution in [0.15, 0.2) is 18.2 Å². The van der Waals surface area contributed by atoms with E-state index in [1.807, 2.05) is 0 Å². The number of halogens is 2. The molecule has 2 unspecified atom stereocenters. The Bertz CT molecular complexity index is 371. The van der Waals surface area contributed by atoms with Crippen LogP contribution in [0.5, 0.6) is 0 Å². The first-order chi connectivity index (χ1) is 8.68. The predicted molar refractivity (Wildman–Crippen MR) is 69.2 cm³/mol. The number of aliphatic hydroxyl groups excluding tert-OH is 1. The van der Waals surface area contributed by atoms with Gasteiger partial charge in [0.15, 0.2) is 0 Å². The van der Waals surface area contributed by atoms with Crippen LogP contribution in [0.2, 0.25) is 5.02 Å². The first kappa shape index (κ1) is 13.8. The molecule has 1 aromatic carbocycles. The lowest BCUT2D eigenvalue weighted by Gasteiger charge is -2.15. The van der Waals surface area contributed by atoms with E-state index in [0.29, 0.717) is 17.5 Å². The number of hydrogen-bond acceptors (Lipinski definition) is 2. The number of ether oxygens (including phenoxy) is 1. The fourth-order valence-electron chi connectivity index (χ4n) is 2.38. The van der Waals surface area contributed by atoms with Crippen LogP contribution in [0.4, 0.5) is 4.39 Å². The van der Waals surface area contributed by atoms with Gasteiger partial charge in [-0.15, -0.1) is 0 Å². The van der Waals surface area contributed by atoms with Crippen LogP contribution in [-0.2, 0) is 4.74 Å². The fraction of sp³-hybridized carbons (Fsp3) is 0.571. The molecule has 100 valence electrons. The highest BCUT2D eigenvalue weighted by molar-refractivity contribution is 6.31. The van der Waals surface area contributed by atoms with Gasteiger partial charge in [-0.3, -0.25) is 0 Å². The molecular weight excluding hydrogens is 255 g/mol. The van der Waals surface area contributed by atoms with Gasteiger partial charge in [-0.25, -0.2) is 4.39 Å². The normalized spacial score (nSPS) is 21.2. The highest BCUT2D eigenvalue weighted by atomic mass is 35.5. The van der Waals surface area contributed by atoms with Crippen molar-refractivity contribution in [2.45, 2.75) is 44.3 Å². The molecule has 1 heterocycles.